The van der Waals surface area contributed by atoms with E-state index in [0.29, 0.717) is 23.0 Å². The van der Waals surface area contributed by atoms with E-state index in [1.807, 2.05) is 43.3 Å². The number of primary amides is 1. The summed E-state index contributed by atoms with van der Waals surface area (Å²) in [7, 11) is 1.60. The van der Waals surface area contributed by atoms with E-state index in [9.17, 15) is 9.59 Å². The highest BCUT2D eigenvalue weighted by Gasteiger charge is 2.33. The summed E-state index contributed by atoms with van der Waals surface area (Å²) in [5.41, 5.74) is 9.05. The van der Waals surface area contributed by atoms with Crippen LogP contribution in [0.25, 0.3) is 17.2 Å². The SMILES string of the molecule is COc1cccc(-c2cnnc(-n3nc(C)c4c3NC(=O)C[C@H]4c3ccc(OCC(N)=O)cc3)n2)c1. The second-order valence-electron chi connectivity index (χ2n) is 8.26. The van der Waals surface area contributed by atoms with Gasteiger partial charge in [0.15, 0.2) is 6.61 Å². The van der Waals surface area contributed by atoms with E-state index in [4.69, 9.17) is 15.2 Å². The van der Waals surface area contributed by atoms with Crippen molar-refractivity contribution in [2.75, 3.05) is 19.0 Å². The number of fused-ring (bicyclic) bond motifs is 1. The van der Waals surface area contributed by atoms with Crippen LogP contribution in [0.3, 0.4) is 0 Å². The van der Waals surface area contributed by atoms with Gasteiger partial charge < -0.3 is 20.5 Å². The molecule has 0 fully saturated rings. The first-order valence-electron chi connectivity index (χ1n) is 11.2. The Labute approximate surface area is 206 Å². The molecule has 2 aromatic carbocycles. The standard InChI is InChI=1S/C25H23N7O4/c1-14-23-19(15-6-8-17(9-7-15)36-13-21(26)33)11-22(34)29-24(23)32(31-14)25-28-20(12-27-30-25)16-4-3-5-18(10-16)35-2/h3-10,12,19H,11,13H2,1-2H3,(H2,26,33)(H,29,34)/t19-/m0/s1. The number of aryl methyl sites for hydroxylation is 1. The number of nitrogens with zero attached hydrogens (tertiary/aromatic N) is 5. The van der Waals surface area contributed by atoms with E-state index < -0.39 is 5.91 Å². The average Bonchev–Trinajstić information content (AvgIpc) is 3.23. The molecule has 182 valence electrons. The van der Waals surface area contributed by atoms with E-state index >= 15 is 0 Å². The topological polar surface area (TPSA) is 147 Å². The number of anilines is 1. The molecule has 3 N–H and O–H groups in total. The Morgan fingerprint density at radius 1 is 1.19 bits per heavy atom. The van der Waals surface area contributed by atoms with Gasteiger partial charge in [0.05, 0.1) is 24.7 Å². The van der Waals surface area contributed by atoms with Gasteiger partial charge in [-0.2, -0.15) is 14.9 Å². The number of rotatable bonds is 7. The summed E-state index contributed by atoms with van der Waals surface area (Å²) in [5, 5.41) is 15.9. The quantitative estimate of drug-likeness (QED) is 0.405. The van der Waals surface area contributed by atoms with Gasteiger partial charge >= 0.3 is 0 Å². The zero-order valence-corrected chi connectivity index (χ0v) is 19.6. The van der Waals surface area contributed by atoms with Crippen LogP contribution in [0.1, 0.15) is 29.2 Å². The van der Waals surface area contributed by atoms with Gasteiger partial charge in [-0.1, -0.05) is 24.3 Å². The van der Waals surface area contributed by atoms with Crippen LogP contribution in [0.5, 0.6) is 11.5 Å². The minimum absolute atomic E-state index is 0.153. The highest BCUT2D eigenvalue weighted by Crippen LogP contribution is 2.40. The van der Waals surface area contributed by atoms with E-state index in [1.54, 1.807) is 25.4 Å². The lowest BCUT2D eigenvalue weighted by molar-refractivity contribution is -0.120. The number of nitrogens with two attached hydrogens (primary N) is 1. The predicted molar refractivity (Wildman–Crippen MR) is 130 cm³/mol. The number of hydrogen-bond acceptors (Lipinski definition) is 8. The number of ether oxygens (including phenoxy) is 2. The molecule has 3 heterocycles. The minimum atomic E-state index is -0.553. The second kappa shape index (κ2) is 9.45. The average molecular weight is 486 g/mol. The van der Waals surface area contributed by atoms with Crippen LogP contribution in [-0.2, 0) is 9.59 Å². The van der Waals surface area contributed by atoms with Gasteiger partial charge in [0.2, 0.25) is 5.91 Å². The molecule has 11 heteroatoms. The molecule has 1 aliphatic rings. The Morgan fingerprint density at radius 2 is 2.00 bits per heavy atom. The first-order valence-corrected chi connectivity index (χ1v) is 11.2. The molecule has 0 saturated carbocycles. The summed E-state index contributed by atoms with van der Waals surface area (Å²) in [6.07, 6.45) is 1.81. The van der Waals surface area contributed by atoms with Crippen molar-refractivity contribution in [3.8, 4) is 28.7 Å². The van der Waals surface area contributed by atoms with Crippen LogP contribution in [0.4, 0.5) is 5.82 Å². The van der Waals surface area contributed by atoms with Crippen molar-refractivity contribution in [1.82, 2.24) is 25.0 Å². The molecular formula is C25H23N7O4. The molecule has 0 radical (unpaired) electrons. The molecule has 0 aliphatic carbocycles. The van der Waals surface area contributed by atoms with Gasteiger partial charge in [0, 0.05) is 23.5 Å². The number of hydrogen-bond donors (Lipinski definition) is 2. The van der Waals surface area contributed by atoms with Gasteiger partial charge in [0.1, 0.15) is 17.3 Å². The molecular weight excluding hydrogens is 462 g/mol. The van der Waals surface area contributed by atoms with Gasteiger partial charge in [0.25, 0.3) is 11.9 Å². The smallest absolute Gasteiger partial charge is 0.272 e. The highest BCUT2D eigenvalue weighted by atomic mass is 16.5. The third-order valence-corrected chi connectivity index (χ3v) is 5.87. The summed E-state index contributed by atoms with van der Waals surface area (Å²) in [6, 6.07) is 14.7. The number of carbonyl (C=O) groups excluding carboxylic acids is 2. The fraction of sp³-hybridized carbons (Fsp3) is 0.200. The molecule has 11 nitrogen and oxygen atoms in total. The zero-order valence-electron chi connectivity index (χ0n) is 19.6. The van der Waals surface area contributed by atoms with Crippen molar-refractivity contribution in [3.05, 3.63) is 71.5 Å². The van der Waals surface area contributed by atoms with Crippen molar-refractivity contribution in [2.24, 2.45) is 5.73 Å². The normalized spacial score (nSPS) is 14.6. The summed E-state index contributed by atoms with van der Waals surface area (Å²) in [5.74, 6) is 1.01. The van der Waals surface area contributed by atoms with Crippen LogP contribution in [0.15, 0.2) is 54.7 Å². The highest BCUT2D eigenvalue weighted by molar-refractivity contribution is 5.95. The Kier molecular flexibility index (Phi) is 6.03. The van der Waals surface area contributed by atoms with Crippen molar-refractivity contribution < 1.29 is 19.1 Å². The summed E-state index contributed by atoms with van der Waals surface area (Å²) >= 11 is 0. The summed E-state index contributed by atoms with van der Waals surface area (Å²) < 4.78 is 12.2. The lowest BCUT2D eigenvalue weighted by atomic mass is 9.86. The number of benzene rings is 2. The molecule has 1 atom stereocenters. The molecule has 4 aromatic rings. The minimum Gasteiger partial charge on any atom is -0.497 e. The summed E-state index contributed by atoms with van der Waals surface area (Å²) in [6.45, 7) is 1.67. The summed E-state index contributed by atoms with van der Waals surface area (Å²) in [4.78, 5) is 28.3. The van der Waals surface area contributed by atoms with Crippen molar-refractivity contribution in [1.29, 1.82) is 0 Å². The molecule has 2 aromatic heterocycles. The van der Waals surface area contributed by atoms with E-state index in [1.165, 1.54) is 4.68 Å². The lowest BCUT2D eigenvalue weighted by Crippen LogP contribution is -2.25. The first kappa shape index (κ1) is 23.0. The van der Waals surface area contributed by atoms with Crippen LogP contribution in [0, 0.1) is 6.92 Å². The zero-order chi connectivity index (χ0) is 25.2. The number of amides is 2. The van der Waals surface area contributed by atoms with Crippen molar-refractivity contribution in [2.45, 2.75) is 19.3 Å². The van der Waals surface area contributed by atoms with Gasteiger partial charge in [-0.25, -0.2) is 4.98 Å². The molecule has 36 heavy (non-hydrogen) atoms. The molecule has 0 unspecified atom stereocenters. The van der Waals surface area contributed by atoms with Crippen LogP contribution < -0.4 is 20.5 Å². The third-order valence-electron chi connectivity index (χ3n) is 5.87. The number of aromatic nitrogens is 5. The molecule has 0 saturated heterocycles. The second-order valence-corrected chi connectivity index (χ2v) is 8.26. The largest absolute Gasteiger partial charge is 0.497 e. The van der Waals surface area contributed by atoms with Crippen molar-refractivity contribution >= 4 is 17.6 Å². The Balaban J connectivity index is 1.51. The third kappa shape index (κ3) is 4.45. The van der Waals surface area contributed by atoms with Crippen LogP contribution in [0.2, 0.25) is 0 Å². The first-order chi connectivity index (χ1) is 17.4. The molecule has 0 spiro atoms. The maximum atomic E-state index is 12.7. The van der Waals surface area contributed by atoms with Gasteiger partial charge in [-0.3, -0.25) is 9.59 Å². The van der Waals surface area contributed by atoms with Crippen LogP contribution in [-0.4, -0.2) is 50.5 Å². The number of nitrogens with one attached hydrogen (secondary N) is 1. The molecule has 0 bridgehead atoms. The van der Waals surface area contributed by atoms with Gasteiger partial charge in [-0.05, 0) is 36.8 Å². The van der Waals surface area contributed by atoms with Gasteiger partial charge in [-0.15, -0.1) is 5.10 Å². The van der Waals surface area contributed by atoms with Crippen molar-refractivity contribution in [3.63, 3.8) is 0 Å². The van der Waals surface area contributed by atoms with E-state index in [0.717, 1.165) is 22.4 Å². The Bertz CT molecular complexity index is 1450. The maximum Gasteiger partial charge on any atom is 0.272 e. The Morgan fingerprint density at radius 3 is 2.75 bits per heavy atom. The lowest BCUT2D eigenvalue weighted by Gasteiger charge is -2.24. The number of carbonyl (C=O) groups is 2. The fourth-order valence-corrected chi connectivity index (χ4v) is 4.23. The fourth-order valence-electron chi connectivity index (χ4n) is 4.23. The monoisotopic (exact) mass is 485 g/mol. The maximum absolute atomic E-state index is 12.7. The molecule has 5 rings (SSSR count). The molecule has 2 amide bonds. The number of methoxy groups -OCH3 is 1. The molecule has 1 aliphatic heterocycles. The van der Waals surface area contributed by atoms with Crippen LogP contribution >= 0.6 is 0 Å². The predicted octanol–water partition coefficient (Wildman–Crippen LogP) is 2.38. The Hall–Kier alpha value is -4.80. The van der Waals surface area contributed by atoms with E-state index in [-0.39, 0.29) is 30.8 Å². The van der Waals surface area contributed by atoms with E-state index in [2.05, 4.69) is 25.6 Å².